The molecule has 0 radical (unpaired) electrons. The van der Waals surface area contributed by atoms with Gasteiger partial charge in [0, 0.05) is 16.3 Å². The molecular weight excluding hydrogens is 288 g/mol. The highest BCUT2D eigenvalue weighted by atomic mass is 35.5. The van der Waals surface area contributed by atoms with Crippen LogP contribution in [0.2, 0.25) is 5.02 Å². The number of thioether (sulfide) groups is 1. The van der Waals surface area contributed by atoms with Gasteiger partial charge in [0.1, 0.15) is 0 Å². The minimum Gasteiger partial charge on any atom is -0.293 e. The van der Waals surface area contributed by atoms with Crippen molar-refractivity contribution in [2.45, 2.75) is 19.1 Å². The maximum atomic E-state index is 12.0. The molecule has 0 N–H and O–H groups in total. The van der Waals surface area contributed by atoms with Crippen LogP contribution in [-0.4, -0.2) is 11.5 Å². The molecular formula is C17H17ClOS. The van der Waals surface area contributed by atoms with Crippen LogP contribution in [0.1, 0.15) is 28.4 Å². The van der Waals surface area contributed by atoms with Crippen LogP contribution < -0.4 is 0 Å². The van der Waals surface area contributed by atoms with Crippen molar-refractivity contribution >= 4 is 29.1 Å². The van der Waals surface area contributed by atoms with Crippen molar-refractivity contribution in [3.63, 3.8) is 0 Å². The number of rotatable bonds is 6. The topological polar surface area (TPSA) is 17.1 Å². The van der Waals surface area contributed by atoms with E-state index in [0.29, 0.717) is 5.75 Å². The van der Waals surface area contributed by atoms with Gasteiger partial charge in [-0.3, -0.25) is 4.79 Å². The van der Waals surface area contributed by atoms with Crippen LogP contribution in [0, 0.1) is 0 Å². The van der Waals surface area contributed by atoms with E-state index in [9.17, 15) is 4.79 Å². The summed E-state index contributed by atoms with van der Waals surface area (Å²) in [5.74, 6) is 1.52. The Hall–Kier alpha value is -1.25. The number of aryl methyl sites for hydroxylation is 1. The van der Waals surface area contributed by atoms with Gasteiger partial charge in [0.15, 0.2) is 5.78 Å². The summed E-state index contributed by atoms with van der Waals surface area (Å²) in [6, 6.07) is 15.6. The molecule has 0 fully saturated rings. The van der Waals surface area contributed by atoms with Crippen LogP contribution in [0.25, 0.3) is 0 Å². The average molecular weight is 305 g/mol. The molecule has 0 atom stereocenters. The van der Waals surface area contributed by atoms with Crippen molar-refractivity contribution in [3.05, 3.63) is 70.2 Å². The van der Waals surface area contributed by atoms with Crippen LogP contribution in [0.5, 0.6) is 0 Å². The summed E-state index contributed by atoms with van der Waals surface area (Å²) in [6.45, 7) is 2.11. The molecule has 0 aliphatic rings. The quantitative estimate of drug-likeness (QED) is 0.697. The zero-order valence-electron chi connectivity index (χ0n) is 11.4. The minimum atomic E-state index is 0.187. The Bertz CT molecular complexity index is 561. The van der Waals surface area contributed by atoms with Gasteiger partial charge >= 0.3 is 0 Å². The normalized spacial score (nSPS) is 10.5. The number of ketones is 1. The van der Waals surface area contributed by atoms with Crippen LogP contribution >= 0.6 is 23.4 Å². The van der Waals surface area contributed by atoms with E-state index in [2.05, 4.69) is 6.92 Å². The summed E-state index contributed by atoms with van der Waals surface area (Å²) in [6.07, 6.45) is 1.000. The van der Waals surface area contributed by atoms with Gasteiger partial charge in [-0.15, -0.1) is 11.8 Å². The Morgan fingerprint density at radius 3 is 2.20 bits per heavy atom. The van der Waals surface area contributed by atoms with Crippen LogP contribution in [0.4, 0.5) is 0 Å². The third-order valence-corrected chi connectivity index (χ3v) is 4.36. The first-order valence-electron chi connectivity index (χ1n) is 6.63. The van der Waals surface area contributed by atoms with Crippen molar-refractivity contribution in [3.8, 4) is 0 Å². The Morgan fingerprint density at radius 1 is 1.00 bits per heavy atom. The first kappa shape index (κ1) is 15.1. The van der Waals surface area contributed by atoms with Gasteiger partial charge in [-0.05, 0) is 29.7 Å². The zero-order chi connectivity index (χ0) is 14.4. The molecule has 0 aliphatic carbocycles. The number of carbonyl (C=O) groups excluding carboxylic acids is 1. The largest absolute Gasteiger partial charge is 0.293 e. The summed E-state index contributed by atoms with van der Waals surface area (Å²) < 4.78 is 0. The zero-order valence-corrected chi connectivity index (χ0v) is 13.0. The van der Waals surface area contributed by atoms with Gasteiger partial charge in [0.25, 0.3) is 0 Å². The van der Waals surface area contributed by atoms with Gasteiger partial charge in [0.05, 0.1) is 5.75 Å². The van der Waals surface area contributed by atoms with E-state index in [0.717, 1.165) is 22.8 Å². The lowest BCUT2D eigenvalue weighted by molar-refractivity contribution is 0.102. The van der Waals surface area contributed by atoms with Crippen molar-refractivity contribution in [1.82, 2.24) is 0 Å². The molecule has 0 bridgehead atoms. The number of benzene rings is 2. The molecule has 2 aromatic rings. The summed E-state index contributed by atoms with van der Waals surface area (Å²) in [7, 11) is 0. The van der Waals surface area contributed by atoms with Gasteiger partial charge in [-0.25, -0.2) is 0 Å². The first-order valence-corrected chi connectivity index (χ1v) is 8.16. The fourth-order valence-corrected chi connectivity index (χ4v) is 2.86. The second kappa shape index (κ2) is 7.51. The fraction of sp³-hybridized carbons (Fsp3) is 0.235. The van der Waals surface area contributed by atoms with Crippen molar-refractivity contribution in [1.29, 1.82) is 0 Å². The molecule has 1 nitrogen and oxygen atoms in total. The number of hydrogen-bond donors (Lipinski definition) is 0. The fourth-order valence-electron chi connectivity index (χ4n) is 1.85. The minimum absolute atomic E-state index is 0.187. The molecule has 2 aromatic carbocycles. The number of carbonyl (C=O) groups is 1. The lowest BCUT2D eigenvalue weighted by atomic mass is 10.1. The van der Waals surface area contributed by atoms with E-state index in [4.69, 9.17) is 11.6 Å². The predicted octanol–water partition coefficient (Wildman–Crippen LogP) is 5.02. The molecule has 0 aliphatic heterocycles. The molecule has 2 rings (SSSR count). The lowest BCUT2D eigenvalue weighted by Gasteiger charge is -2.03. The Morgan fingerprint density at radius 2 is 1.60 bits per heavy atom. The number of Topliss-reactive ketones (excluding diaryl/α,β-unsaturated/α-hetero) is 1. The van der Waals surface area contributed by atoms with E-state index in [1.54, 1.807) is 11.8 Å². The Balaban J connectivity index is 1.83. The smallest absolute Gasteiger partial charge is 0.172 e. The summed E-state index contributed by atoms with van der Waals surface area (Å²) in [5.41, 5.74) is 3.25. The van der Waals surface area contributed by atoms with E-state index in [1.807, 2.05) is 48.5 Å². The van der Waals surface area contributed by atoms with E-state index >= 15 is 0 Å². The molecule has 0 amide bonds. The SMILES string of the molecule is CCc1ccc(C(=O)CSCc2ccc(Cl)cc2)cc1. The number of hydrogen-bond acceptors (Lipinski definition) is 2. The highest BCUT2D eigenvalue weighted by molar-refractivity contribution is 7.99. The Kier molecular flexibility index (Phi) is 5.69. The second-order valence-corrected chi connectivity index (χ2v) is 6.01. The molecule has 20 heavy (non-hydrogen) atoms. The molecule has 0 aromatic heterocycles. The van der Waals surface area contributed by atoms with E-state index < -0.39 is 0 Å². The molecule has 0 saturated heterocycles. The molecule has 0 heterocycles. The van der Waals surface area contributed by atoms with Crippen molar-refractivity contribution < 1.29 is 4.79 Å². The highest BCUT2D eigenvalue weighted by Gasteiger charge is 2.06. The van der Waals surface area contributed by atoms with Crippen molar-refractivity contribution in [2.75, 3.05) is 5.75 Å². The van der Waals surface area contributed by atoms with Crippen molar-refractivity contribution in [2.24, 2.45) is 0 Å². The summed E-state index contributed by atoms with van der Waals surface area (Å²) in [5, 5.41) is 0.742. The van der Waals surface area contributed by atoms with Gasteiger partial charge in [-0.2, -0.15) is 0 Å². The average Bonchev–Trinajstić information content (AvgIpc) is 2.49. The molecule has 3 heteroatoms. The third-order valence-electron chi connectivity index (χ3n) is 3.10. The van der Waals surface area contributed by atoms with Crippen LogP contribution in [0.3, 0.4) is 0 Å². The summed E-state index contributed by atoms with van der Waals surface area (Å²) in [4.78, 5) is 12.0. The standard InChI is InChI=1S/C17H17ClOS/c1-2-13-3-7-15(8-4-13)17(19)12-20-11-14-5-9-16(18)10-6-14/h3-10H,2,11-12H2,1H3. The maximum absolute atomic E-state index is 12.0. The highest BCUT2D eigenvalue weighted by Crippen LogP contribution is 2.17. The summed E-state index contributed by atoms with van der Waals surface area (Å²) >= 11 is 7.47. The van der Waals surface area contributed by atoms with Crippen LogP contribution in [0.15, 0.2) is 48.5 Å². The van der Waals surface area contributed by atoms with Gasteiger partial charge in [-0.1, -0.05) is 54.9 Å². The monoisotopic (exact) mass is 304 g/mol. The number of halogens is 1. The maximum Gasteiger partial charge on any atom is 0.172 e. The van der Waals surface area contributed by atoms with E-state index in [-0.39, 0.29) is 5.78 Å². The molecule has 0 unspecified atom stereocenters. The molecule has 0 saturated carbocycles. The third kappa shape index (κ3) is 4.39. The van der Waals surface area contributed by atoms with Gasteiger partial charge < -0.3 is 0 Å². The first-order chi connectivity index (χ1) is 9.69. The predicted molar refractivity (Wildman–Crippen MR) is 87.8 cm³/mol. The molecule has 104 valence electrons. The van der Waals surface area contributed by atoms with Crippen LogP contribution in [-0.2, 0) is 12.2 Å². The lowest BCUT2D eigenvalue weighted by Crippen LogP contribution is -2.02. The van der Waals surface area contributed by atoms with E-state index in [1.165, 1.54) is 11.1 Å². The molecule has 0 spiro atoms. The second-order valence-electron chi connectivity index (χ2n) is 4.59. The van der Waals surface area contributed by atoms with Gasteiger partial charge in [0.2, 0.25) is 0 Å². The Labute approximate surface area is 129 Å².